The van der Waals surface area contributed by atoms with E-state index < -0.39 is 0 Å². The van der Waals surface area contributed by atoms with Gasteiger partial charge in [0.2, 0.25) is 5.91 Å². The van der Waals surface area contributed by atoms with Gasteiger partial charge in [-0.05, 0) is 30.5 Å². The van der Waals surface area contributed by atoms with E-state index in [1.54, 1.807) is 0 Å². The molecule has 0 aliphatic heterocycles. The van der Waals surface area contributed by atoms with Gasteiger partial charge < -0.3 is 10.1 Å². The fraction of sp³-hybridized carbons (Fsp3) is 0.632. The Morgan fingerprint density at radius 2 is 1.68 bits per heavy atom. The van der Waals surface area contributed by atoms with Gasteiger partial charge in [0, 0.05) is 6.54 Å². The van der Waals surface area contributed by atoms with Crippen LogP contribution >= 0.6 is 0 Å². The lowest BCUT2D eigenvalue weighted by Crippen LogP contribution is -2.25. The Bertz CT molecular complexity index is 400. The number of rotatable bonds is 12. The van der Waals surface area contributed by atoms with Crippen LogP contribution in [-0.2, 0) is 11.2 Å². The second-order valence-electron chi connectivity index (χ2n) is 5.71. The number of aryl methyl sites for hydroxylation is 1. The van der Waals surface area contributed by atoms with Crippen LogP contribution in [0, 0.1) is 0 Å². The standard InChI is InChI=1S/C19H31NO2/c1-3-5-6-7-8-9-15-20-19(21)14-16-22-18-12-10-17(4-2)11-13-18/h10-13H,3-9,14-16H2,1-2H3,(H,20,21). The van der Waals surface area contributed by atoms with Crippen LogP contribution in [0.4, 0.5) is 0 Å². The summed E-state index contributed by atoms with van der Waals surface area (Å²) in [5, 5.41) is 2.96. The second kappa shape index (κ2) is 12.1. The average Bonchev–Trinajstić information content (AvgIpc) is 2.54. The Morgan fingerprint density at radius 1 is 1.00 bits per heavy atom. The normalized spacial score (nSPS) is 10.5. The minimum atomic E-state index is 0.0822. The summed E-state index contributed by atoms with van der Waals surface area (Å²) < 4.78 is 5.59. The summed E-state index contributed by atoms with van der Waals surface area (Å²) >= 11 is 0. The summed E-state index contributed by atoms with van der Waals surface area (Å²) in [7, 11) is 0. The number of ether oxygens (including phenoxy) is 1. The van der Waals surface area contributed by atoms with E-state index in [0.29, 0.717) is 13.0 Å². The van der Waals surface area contributed by atoms with Crippen LogP contribution in [0.3, 0.4) is 0 Å². The smallest absolute Gasteiger partial charge is 0.223 e. The van der Waals surface area contributed by atoms with E-state index in [2.05, 4.69) is 31.3 Å². The Hall–Kier alpha value is -1.51. The molecule has 0 atom stereocenters. The van der Waals surface area contributed by atoms with Gasteiger partial charge in [-0.2, -0.15) is 0 Å². The van der Waals surface area contributed by atoms with Gasteiger partial charge >= 0.3 is 0 Å². The minimum absolute atomic E-state index is 0.0822. The van der Waals surface area contributed by atoms with Crippen molar-refractivity contribution in [1.29, 1.82) is 0 Å². The van der Waals surface area contributed by atoms with E-state index in [1.807, 2.05) is 12.1 Å². The molecule has 0 fully saturated rings. The molecule has 124 valence electrons. The van der Waals surface area contributed by atoms with Crippen molar-refractivity contribution in [3.63, 3.8) is 0 Å². The van der Waals surface area contributed by atoms with Crippen molar-refractivity contribution in [2.75, 3.05) is 13.2 Å². The molecule has 0 spiro atoms. The third-order valence-corrected chi connectivity index (χ3v) is 3.78. The zero-order valence-electron chi connectivity index (χ0n) is 14.2. The van der Waals surface area contributed by atoms with Crippen molar-refractivity contribution >= 4 is 5.91 Å². The third kappa shape index (κ3) is 8.71. The van der Waals surface area contributed by atoms with Gasteiger partial charge in [-0.3, -0.25) is 4.79 Å². The molecule has 0 unspecified atom stereocenters. The molecule has 0 radical (unpaired) electrons. The molecule has 22 heavy (non-hydrogen) atoms. The second-order valence-corrected chi connectivity index (χ2v) is 5.71. The molecule has 1 aromatic rings. The van der Waals surface area contributed by atoms with E-state index >= 15 is 0 Å². The molecular weight excluding hydrogens is 274 g/mol. The van der Waals surface area contributed by atoms with Crippen LogP contribution < -0.4 is 10.1 Å². The summed E-state index contributed by atoms with van der Waals surface area (Å²) in [6, 6.07) is 8.06. The van der Waals surface area contributed by atoms with Gasteiger partial charge in [-0.15, -0.1) is 0 Å². The summed E-state index contributed by atoms with van der Waals surface area (Å²) in [6.45, 7) is 5.58. The lowest BCUT2D eigenvalue weighted by molar-refractivity contribution is -0.121. The molecule has 1 amide bonds. The Balaban J connectivity index is 2.01. The predicted octanol–water partition coefficient (Wildman–Crippen LogP) is 4.49. The van der Waals surface area contributed by atoms with Gasteiger partial charge in [0.15, 0.2) is 0 Å². The molecule has 0 bridgehead atoms. The zero-order chi connectivity index (χ0) is 16.0. The highest BCUT2D eigenvalue weighted by Crippen LogP contribution is 2.12. The number of carbonyl (C=O) groups excluding carboxylic acids is 1. The quantitative estimate of drug-likeness (QED) is 0.578. The molecule has 0 aliphatic rings. The maximum atomic E-state index is 11.7. The van der Waals surface area contributed by atoms with Crippen LogP contribution in [0.5, 0.6) is 5.75 Å². The monoisotopic (exact) mass is 305 g/mol. The third-order valence-electron chi connectivity index (χ3n) is 3.78. The Kier molecular flexibility index (Phi) is 10.2. The molecule has 3 heteroatoms. The number of unbranched alkanes of at least 4 members (excludes halogenated alkanes) is 5. The maximum Gasteiger partial charge on any atom is 0.223 e. The first kappa shape index (κ1) is 18.5. The number of hydrogen-bond donors (Lipinski definition) is 1. The first-order chi connectivity index (χ1) is 10.8. The Labute approximate surface area is 135 Å². The number of benzene rings is 1. The fourth-order valence-corrected chi connectivity index (χ4v) is 2.30. The zero-order valence-corrected chi connectivity index (χ0v) is 14.2. The van der Waals surface area contributed by atoms with Crippen LogP contribution in [0.1, 0.15) is 64.4 Å². The van der Waals surface area contributed by atoms with E-state index in [1.165, 1.54) is 37.7 Å². The fourth-order valence-electron chi connectivity index (χ4n) is 2.30. The molecule has 0 aromatic heterocycles. The summed E-state index contributed by atoms with van der Waals surface area (Å²) in [6.07, 6.45) is 8.93. The molecule has 0 aliphatic carbocycles. The maximum absolute atomic E-state index is 11.7. The largest absolute Gasteiger partial charge is 0.493 e. The number of amides is 1. The first-order valence-corrected chi connectivity index (χ1v) is 8.74. The van der Waals surface area contributed by atoms with Gasteiger partial charge in [0.1, 0.15) is 5.75 Å². The molecule has 1 rings (SSSR count). The molecule has 0 saturated carbocycles. The van der Waals surface area contributed by atoms with E-state index in [4.69, 9.17) is 4.74 Å². The van der Waals surface area contributed by atoms with Crippen molar-refractivity contribution in [3.8, 4) is 5.75 Å². The first-order valence-electron chi connectivity index (χ1n) is 8.74. The lowest BCUT2D eigenvalue weighted by Gasteiger charge is -2.08. The summed E-state index contributed by atoms with van der Waals surface area (Å²) in [4.78, 5) is 11.7. The highest BCUT2D eigenvalue weighted by atomic mass is 16.5. The van der Waals surface area contributed by atoms with Gasteiger partial charge in [0.25, 0.3) is 0 Å². The lowest BCUT2D eigenvalue weighted by atomic mass is 10.1. The van der Waals surface area contributed by atoms with E-state index in [0.717, 1.165) is 25.1 Å². The average molecular weight is 305 g/mol. The van der Waals surface area contributed by atoms with Crippen LogP contribution in [0.25, 0.3) is 0 Å². The minimum Gasteiger partial charge on any atom is -0.493 e. The van der Waals surface area contributed by atoms with Crippen molar-refractivity contribution < 1.29 is 9.53 Å². The Morgan fingerprint density at radius 3 is 2.36 bits per heavy atom. The topological polar surface area (TPSA) is 38.3 Å². The van der Waals surface area contributed by atoms with Crippen molar-refractivity contribution in [3.05, 3.63) is 29.8 Å². The van der Waals surface area contributed by atoms with Crippen molar-refractivity contribution in [2.45, 2.75) is 65.2 Å². The molecule has 0 saturated heterocycles. The molecular formula is C19H31NO2. The number of nitrogens with one attached hydrogen (secondary N) is 1. The van der Waals surface area contributed by atoms with Crippen molar-refractivity contribution in [1.82, 2.24) is 5.32 Å². The van der Waals surface area contributed by atoms with Gasteiger partial charge in [-0.25, -0.2) is 0 Å². The highest BCUT2D eigenvalue weighted by molar-refractivity contribution is 5.75. The molecule has 0 heterocycles. The van der Waals surface area contributed by atoms with E-state index in [9.17, 15) is 4.79 Å². The highest BCUT2D eigenvalue weighted by Gasteiger charge is 2.01. The summed E-state index contributed by atoms with van der Waals surface area (Å²) in [5.41, 5.74) is 1.30. The SMILES string of the molecule is CCCCCCCCNC(=O)CCOc1ccc(CC)cc1. The molecule has 1 N–H and O–H groups in total. The van der Waals surface area contributed by atoms with E-state index in [-0.39, 0.29) is 5.91 Å². The van der Waals surface area contributed by atoms with Crippen molar-refractivity contribution in [2.24, 2.45) is 0 Å². The number of hydrogen-bond acceptors (Lipinski definition) is 2. The molecule has 1 aromatic carbocycles. The predicted molar refractivity (Wildman–Crippen MR) is 92.3 cm³/mol. The summed E-state index contributed by atoms with van der Waals surface area (Å²) in [5.74, 6) is 0.916. The number of carbonyl (C=O) groups is 1. The van der Waals surface area contributed by atoms with Crippen LogP contribution in [0.15, 0.2) is 24.3 Å². The van der Waals surface area contributed by atoms with Crippen LogP contribution in [-0.4, -0.2) is 19.1 Å². The molecule has 3 nitrogen and oxygen atoms in total. The van der Waals surface area contributed by atoms with Gasteiger partial charge in [0.05, 0.1) is 13.0 Å². The van der Waals surface area contributed by atoms with Gasteiger partial charge in [-0.1, -0.05) is 58.1 Å². The van der Waals surface area contributed by atoms with Crippen LogP contribution in [0.2, 0.25) is 0 Å².